The molecule has 1 fully saturated rings. The molecule has 0 aliphatic carbocycles. The van der Waals surface area contributed by atoms with Gasteiger partial charge in [-0.05, 0) is 55.7 Å². The molecule has 1 saturated heterocycles. The minimum atomic E-state index is -3.88. The van der Waals surface area contributed by atoms with Crippen LogP contribution in [0.2, 0.25) is 0 Å². The monoisotopic (exact) mass is 495 g/mol. The highest BCUT2D eigenvalue weighted by atomic mass is 32.2. The van der Waals surface area contributed by atoms with E-state index in [9.17, 15) is 13.2 Å². The summed E-state index contributed by atoms with van der Waals surface area (Å²) in [5.74, 6) is 0. The van der Waals surface area contributed by atoms with Crippen LogP contribution in [0.15, 0.2) is 52.7 Å². The number of rotatable bonds is 4. The number of nitrogens with two attached hydrogens (primary N) is 1. The maximum Gasteiger partial charge on any atom is 0.330 e. The third-order valence-corrected chi connectivity index (χ3v) is 9.01. The number of primary sulfonamides is 1. The summed E-state index contributed by atoms with van der Waals surface area (Å²) >= 11 is 0.930. The summed E-state index contributed by atoms with van der Waals surface area (Å²) in [4.78, 5) is 20.8. The van der Waals surface area contributed by atoms with Crippen molar-refractivity contribution in [2.45, 2.75) is 24.5 Å². The molecule has 2 N–H and O–H groups in total. The molecule has 3 heterocycles. The van der Waals surface area contributed by atoms with E-state index in [0.29, 0.717) is 23.9 Å². The van der Waals surface area contributed by atoms with Crippen molar-refractivity contribution >= 4 is 49.1 Å². The van der Waals surface area contributed by atoms with E-state index in [2.05, 4.69) is 47.8 Å². The summed E-state index contributed by atoms with van der Waals surface area (Å²) in [6.07, 6.45) is 0.736. The molecule has 0 spiro atoms. The molecular formula is C24H25N5O3S2. The van der Waals surface area contributed by atoms with E-state index in [4.69, 9.17) is 5.14 Å². The quantitative estimate of drug-likeness (QED) is 0.453. The number of aromatic nitrogens is 2. The molecule has 0 bridgehead atoms. The van der Waals surface area contributed by atoms with Gasteiger partial charge in [0.2, 0.25) is 10.0 Å². The van der Waals surface area contributed by atoms with Crippen molar-refractivity contribution in [2.75, 3.05) is 22.9 Å². The number of carbonyl (C=O) groups excluding carboxylic acids is 1. The number of fused-ring (bicyclic) bond motifs is 1. The van der Waals surface area contributed by atoms with Gasteiger partial charge in [0.25, 0.3) is 0 Å². The van der Waals surface area contributed by atoms with Gasteiger partial charge in [0.1, 0.15) is 0 Å². The number of amides is 2. The smallest absolute Gasteiger partial charge is 0.330 e. The predicted molar refractivity (Wildman–Crippen MR) is 136 cm³/mol. The first-order chi connectivity index (χ1) is 16.1. The lowest BCUT2D eigenvalue weighted by atomic mass is 10.0. The first kappa shape index (κ1) is 22.6. The highest BCUT2D eigenvalue weighted by Gasteiger charge is 2.31. The molecule has 0 saturated carbocycles. The van der Waals surface area contributed by atoms with Crippen LogP contribution in [0.25, 0.3) is 22.0 Å². The average Bonchev–Trinajstić information content (AvgIpc) is 3.34. The Balaban J connectivity index is 1.44. The fourth-order valence-electron chi connectivity index (χ4n) is 4.45. The van der Waals surface area contributed by atoms with E-state index in [1.165, 1.54) is 21.5 Å². The van der Waals surface area contributed by atoms with Crippen molar-refractivity contribution in [1.29, 1.82) is 0 Å². The molecule has 34 heavy (non-hydrogen) atoms. The molecule has 1 aliphatic heterocycles. The Morgan fingerprint density at radius 1 is 1.03 bits per heavy atom. The zero-order valence-corrected chi connectivity index (χ0v) is 20.8. The molecule has 2 aromatic carbocycles. The van der Waals surface area contributed by atoms with E-state index >= 15 is 0 Å². The van der Waals surface area contributed by atoms with Crippen LogP contribution in [0.1, 0.15) is 17.8 Å². The second-order valence-electron chi connectivity index (χ2n) is 8.48. The molecule has 4 aromatic rings. The minimum Gasteiger partial charge on any atom is -0.348 e. The van der Waals surface area contributed by atoms with Gasteiger partial charge in [-0.3, -0.25) is 9.80 Å². The standard InChI is InChI=1S/C24H25N5O3S2/c1-15-14-20-19(6-4-7-21(20)27(15)3)17-8-10-18(11-9-17)28-12-5-13-29(24(28)30)23-26-16(2)22(33-23)34(25,31)32/h4,6-11,14H,5,12-13H2,1-3H3,(H2,25,31,32). The SMILES string of the molecule is Cc1nc(N2CCCN(c3ccc(-c4cccc5c4cc(C)n5C)cc3)C2=O)sc1S(N)(=O)=O. The van der Waals surface area contributed by atoms with Crippen LogP contribution >= 0.6 is 11.3 Å². The highest BCUT2D eigenvalue weighted by Crippen LogP contribution is 2.34. The van der Waals surface area contributed by atoms with Crippen LogP contribution in [0.4, 0.5) is 15.6 Å². The zero-order valence-electron chi connectivity index (χ0n) is 19.1. The molecule has 0 unspecified atom stereocenters. The van der Waals surface area contributed by atoms with Crippen LogP contribution < -0.4 is 14.9 Å². The minimum absolute atomic E-state index is 0.0119. The van der Waals surface area contributed by atoms with Gasteiger partial charge in [0, 0.05) is 42.4 Å². The fraction of sp³-hybridized carbons (Fsp3) is 0.250. The molecule has 0 atom stereocenters. The van der Waals surface area contributed by atoms with Crippen molar-refractivity contribution < 1.29 is 13.2 Å². The molecule has 176 valence electrons. The first-order valence-electron chi connectivity index (χ1n) is 10.9. The Kier molecular flexibility index (Phi) is 5.46. The normalized spacial score (nSPS) is 14.9. The van der Waals surface area contributed by atoms with Crippen LogP contribution in [0, 0.1) is 13.8 Å². The molecule has 2 amide bonds. The molecular weight excluding hydrogens is 470 g/mol. The van der Waals surface area contributed by atoms with Crippen LogP contribution in [-0.2, 0) is 17.1 Å². The predicted octanol–water partition coefficient (Wildman–Crippen LogP) is 4.40. The maximum absolute atomic E-state index is 13.3. The van der Waals surface area contributed by atoms with Gasteiger partial charge >= 0.3 is 6.03 Å². The van der Waals surface area contributed by atoms with E-state index in [1.807, 2.05) is 24.3 Å². The number of thiazole rings is 1. The van der Waals surface area contributed by atoms with E-state index < -0.39 is 10.0 Å². The maximum atomic E-state index is 13.3. The van der Waals surface area contributed by atoms with Crippen molar-refractivity contribution in [2.24, 2.45) is 12.2 Å². The molecule has 0 radical (unpaired) electrons. The number of hydrogen-bond donors (Lipinski definition) is 1. The highest BCUT2D eigenvalue weighted by molar-refractivity contribution is 7.91. The Bertz CT molecular complexity index is 1520. The number of anilines is 2. The summed E-state index contributed by atoms with van der Waals surface area (Å²) in [5, 5.41) is 6.83. The second kappa shape index (κ2) is 8.23. The van der Waals surface area contributed by atoms with E-state index in [1.54, 1.807) is 11.8 Å². The molecule has 2 aromatic heterocycles. The summed E-state index contributed by atoms with van der Waals surface area (Å²) in [7, 11) is -1.82. The molecule has 8 nitrogen and oxygen atoms in total. The summed E-state index contributed by atoms with van der Waals surface area (Å²) < 4.78 is 25.8. The van der Waals surface area contributed by atoms with Gasteiger partial charge in [-0.25, -0.2) is 23.3 Å². The number of hydrogen-bond acceptors (Lipinski definition) is 5. The van der Waals surface area contributed by atoms with Gasteiger partial charge in [-0.15, -0.1) is 0 Å². The Hall–Kier alpha value is -3.21. The summed E-state index contributed by atoms with van der Waals surface area (Å²) in [6.45, 7) is 4.73. The third kappa shape index (κ3) is 3.77. The van der Waals surface area contributed by atoms with Crippen LogP contribution in [-0.4, -0.2) is 37.1 Å². The lowest BCUT2D eigenvalue weighted by Crippen LogP contribution is -2.49. The number of benzene rings is 2. The summed E-state index contributed by atoms with van der Waals surface area (Å²) in [5.41, 5.74) is 5.69. The number of nitrogens with zero attached hydrogens (tertiary/aromatic N) is 4. The van der Waals surface area contributed by atoms with Gasteiger partial charge in [-0.1, -0.05) is 35.6 Å². The first-order valence-corrected chi connectivity index (χ1v) is 13.3. The fourth-order valence-corrected chi connectivity index (χ4v) is 6.42. The van der Waals surface area contributed by atoms with Gasteiger partial charge in [-0.2, -0.15) is 0 Å². The lowest BCUT2D eigenvalue weighted by Gasteiger charge is -2.34. The van der Waals surface area contributed by atoms with Gasteiger partial charge in [0.15, 0.2) is 9.34 Å². The van der Waals surface area contributed by atoms with Crippen LogP contribution in [0.5, 0.6) is 0 Å². The van der Waals surface area contributed by atoms with Crippen LogP contribution in [0.3, 0.4) is 0 Å². The van der Waals surface area contributed by atoms with Gasteiger partial charge in [0.05, 0.1) is 5.69 Å². The largest absolute Gasteiger partial charge is 0.348 e. The Morgan fingerprint density at radius 3 is 2.41 bits per heavy atom. The zero-order chi connectivity index (χ0) is 24.2. The lowest BCUT2D eigenvalue weighted by molar-refractivity contribution is 0.248. The topological polar surface area (TPSA) is 102 Å². The Labute approximate surface area is 202 Å². The number of sulfonamides is 1. The van der Waals surface area contributed by atoms with Crippen molar-refractivity contribution in [3.63, 3.8) is 0 Å². The number of carbonyl (C=O) groups is 1. The van der Waals surface area contributed by atoms with Crippen molar-refractivity contribution in [3.8, 4) is 11.1 Å². The van der Waals surface area contributed by atoms with Crippen molar-refractivity contribution in [3.05, 3.63) is 59.9 Å². The van der Waals surface area contributed by atoms with E-state index in [0.717, 1.165) is 34.6 Å². The average molecular weight is 496 g/mol. The number of aryl methyl sites for hydroxylation is 3. The Morgan fingerprint density at radius 2 is 1.74 bits per heavy atom. The van der Waals surface area contributed by atoms with Crippen molar-refractivity contribution in [1.82, 2.24) is 9.55 Å². The van der Waals surface area contributed by atoms with Gasteiger partial charge < -0.3 is 4.57 Å². The number of urea groups is 1. The molecule has 1 aliphatic rings. The third-order valence-electron chi connectivity index (χ3n) is 6.27. The molecule has 10 heteroatoms. The summed E-state index contributed by atoms with van der Waals surface area (Å²) in [6, 6.07) is 16.2. The second-order valence-corrected chi connectivity index (χ2v) is 11.2. The van der Waals surface area contributed by atoms with E-state index in [-0.39, 0.29) is 10.2 Å². The molecule has 5 rings (SSSR count).